The van der Waals surface area contributed by atoms with Crippen molar-refractivity contribution in [2.45, 2.75) is 44.6 Å². The molecule has 176 valence electrons. The van der Waals surface area contributed by atoms with Crippen molar-refractivity contribution in [3.63, 3.8) is 0 Å². The Hall–Kier alpha value is -2.78. The summed E-state index contributed by atoms with van der Waals surface area (Å²) in [5.41, 5.74) is 1.04. The molecule has 0 spiro atoms. The number of sulfonamides is 1. The van der Waals surface area contributed by atoms with Crippen LogP contribution in [-0.2, 0) is 10.0 Å². The average molecular weight is 465 g/mol. The molecule has 0 heterocycles. The molecule has 0 aliphatic carbocycles. The van der Waals surface area contributed by atoms with Crippen LogP contribution in [-0.4, -0.2) is 41.7 Å². The number of carbonyl (C=O) groups excluding carboxylic acids is 1. The Kier molecular flexibility index (Phi) is 9.34. The third-order valence-electron chi connectivity index (χ3n) is 4.72. The predicted octanol–water partition coefficient (Wildman–Crippen LogP) is 3.67. The fraction of sp³-hybridized carbons (Fsp3) is 0.435. The van der Waals surface area contributed by atoms with Crippen LogP contribution in [0.25, 0.3) is 0 Å². The van der Waals surface area contributed by atoms with Crippen molar-refractivity contribution in [1.29, 1.82) is 0 Å². The minimum Gasteiger partial charge on any atom is -0.495 e. The van der Waals surface area contributed by atoms with Crippen molar-refractivity contribution < 1.29 is 27.4 Å². The molecule has 1 atom stereocenters. The number of hydrogen-bond donors (Lipinski definition) is 2. The first-order chi connectivity index (χ1) is 15.3. The van der Waals surface area contributed by atoms with Crippen LogP contribution >= 0.6 is 0 Å². The fourth-order valence-corrected chi connectivity index (χ4v) is 3.87. The zero-order valence-corrected chi connectivity index (χ0v) is 20.0. The maximum absolute atomic E-state index is 12.8. The lowest BCUT2D eigenvalue weighted by Crippen LogP contribution is -2.27. The molecule has 0 aliphatic heterocycles. The summed E-state index contributed by atoms with van der Waals surface area (Å²) in [6.07, 6.45) is 1.74. The van der Waals surface area contributed by atoms with E-state index in [1.54, 1.807) is 0 Å². The highest BCUT2D eigenvalue weighted by Gasteiger charge is 2.21. The van der Waals surface area contributed by atoms with Gasteiger partial charge in [-0.05, 0) is 62.7 Å². The van der Waals surface area contributed by atoms with Gasteiger partial charge in [0, 0.05) is 5.56 Å². The molecule has 8 nitrogen and oxygen atoms in total. The lowest BCUT2D eigenvalue weighted by molar-refractivity contribution is 0.0939. The van der Waals surface area contributed by atoms with E-state index in [1.807, 2.05) is 39.0 Å². The number of hydrogen-bond acceptors (Lipinski definition) is 6. The SMILES string of the molecule is CCCOc1ccc(C(C)NC(=O)c2ccc(OC)c(S(=O)(=O)NC)c2)cc1OCCC. The first-order valence-corrected chi connectivity index (χ1v) is 12.1. The molecule has 2 aromatic carbocycles. The van der Waals surface area contributed by atoms with Crippen molar-refractivity contribution in [3.05, 3.63) is 47.5 Å². The van der Waals surface area contributed by atoms with Crippen LogP contribution in [0.15, 0.2) is 41.3 Å². The summed E-state index contributed by atoms with van der Waals surface area (Å²) in [7, 11) is -1.12. The Labute approximate surface area is 190 Å². The Balaban J connectivity index is 2.26. The zero-order chi connectivity index (χ0) is 23.7. The number of amides is 1. The van der Waals surface area contributed by atoms with E-state index < -0.39 is 15.9 Å². The van der Waals surface area contributed by atoms with E-state index in [0.717, 1.165) is 18.4 Å². The molecule has 9 heteroatoms. The average Bonchev–Trinajstić information content (AvgIpc) is 2.80. The molecule has 0 fully saturated rings. The van der Waals surface area contributed by atoms with Crippen molar-refractivity contribution >= 4 is 15.9 Å². The van der Waals surface area contributed by atoms with E-state index in [-0.39, 0.29) is 22.3 Å². The molecule has 2 rings (SSSR count). The van der Waals surface area contributed by atoms with Gasteiger partial charge >= 0.3 is 0 Å². The second kappa shape index (κ2) is 11.7. The van der Waals surface area contributed by atoms with Crippen LogP contribution in [0.5, 0.6) is 17.2 Å². The Morgan fingerprint density at radius 2 is 1.59 bits per heavy atom. The maximum atomic E-state index is 12.8. The van der Waals surface area contributed by atoms with Gasteiger partial charge in [0.1, 0.15) is 10.6 Å². The quantitative estimate of drug-likeness (QED) is 0.497. The predicted molar refractivity (Wildman–Crippen MR) is 123 cm³/mol. The number of rotatable bonds is 12. The number of methoxy groups -OCH3 is 1. The van der Waals surface area contributed by atoms with Gasteiger partial charge in [-0.3, -0.25) is 4.79 Å². The summed E-state index contributed by atoms with van der Waals surface area (Å²) in [6, 6.07) is 9.50. The van der Waals surface area contributed by atoms with E-state index in [4.69, 9.17) is 14.2 Å². The summed E-state index contributed by atoms with van der Waals surface area (Å²) < 4.78 is 43.5. The highest BCUT2D eigenvalue weighted by Crippen LogP contribution is 2.31. The lowest BCUT2D eigenvalue weighted by atomic mass is 10.1. The van der Waals surface area contributed by atoms with Crippen LogP contribution in [0.3, 0.4) is 0 Å². The van der Waals surface area contributed by atoms with Gasteiger partial charge in [0.05, 0.1) is 26.4 Å². The molecule has 0 saturated heterocycles. The molecule has 0 radical (unpaired) electrons. The van der Waals surface area contributed by atoms with Crippen LogP contribution in [0, 0.1) is 0 Å². The summed E-state index contributed by atoms with van der Waals surface area (Å²) in [4.78, 5) is 12.7. The highest BCUT2D eigenvalue weighted by atomic mass is 32.2. The molecule has 1 unspecified atom stereocenters. The van der Waals surface area contributed by atoms with Gasteiger partial charge in [-0.2, -0.15) is 0 Å². The third kappa shape index (κ3) is 6.37. The highest BCUT2D eigenvalue weighted by molar-refractivity contribution is 7.89. The zero-order valence-electron chi connectivity index (χ0n) is 19.2. The Bertz CT molecular complexity index is 1020. The van der Waals surface area contributed by atoms with Gasteiger partial charge in [-0.25, -0.2) is 13.1 Å². The summed E-state index contributed by atoms with van der Waals surface area (Å²) in [5, 5.41) is 2.90. The Morgan fingerprint density at radius 1 is 0.969 bits per heavy atom. The second-order valence-electron chi connectivity index (χ2n) is 7.17. The van der Waals surface area contributed by atoms with Gasteiger partial charge in [0.2, 0.25) is 10.0 Å². The van der Waals surface area contributed by atoms with Gasteiger partial charge in [-0.1, -0.05) is 19.9 Å². The first-order valence-electron chi connectivity index (χ1n) is 10.6. The molecule has 0 aliphatic rings. The topological polar surface area (TPSA) is 103 Å². The third-order valence-corrected chi connectivity index (χ3v) is 6.16. The van der Waals surface area contributed by atoms with E-state index in [1.165, 1.54) is 32.4 Å². The normalized spacial score (nSPS) is 12.2. The molecule has 0 aromatic heterocycles. The van der Waals surface area contributed by atoms with Crippen molar-refractivity contribution in [1.82, 2.24) is 10.0 Å². The standard InChI is InChI=1S/C23H32N2O6S/c1-6-12-30-19-10-8-17(14-21(19)31-13-7-2)16(3)25-23(26)18-9-11-20(29-5)22(15-18)32(27,28)24-4/h8-11,14-16,24H,6-7,12-13H2,1-5H3,(H,25,26). The molecular weight excluding hydrogens is 432 g/mol. The van der Waals surface area contributed by atoms with E-state index in [2.05, 4.69) is 10.0 Å². The second-order valence-corrected chi connectivity index (χ2v) is 9.03. The van der Waals surface area contributed by atoms with Crippen molar-refractivity contribution in [3.8, 4) is 17.2 Å². The van der Waals surface area contributed by atoms with Crippen LogP contribution in [0.4, 0.5) is 0 Å². The largest absolute Gasteiger partial charge is 0.495 e. The minimum absolute atomic E-state index is 0.101. The smallest absolute Gasteiger partial charge is 0.251 e. The van der Waals surface area contributed by atoms with E-state index >= 15 is 0 Å². The number of nitrogens with one attached hydrogen (secondary N) is 2. The monoisotopic (exact) mass is 464 g/mol. The molecule has 1 amide bonds. The van der Waals surface area contributed by atoms with Gasteiger partial charge in [0.25, 0.3) is 5.91 Å². The molecular formula is C23H32N2O6S. The van der Waals surface area contributed by atoms with Crippen LogP contribution < -0.4 is 24.2 Å². The van der Waals surface area contributed by atoms with Gasteiger partial charge in [0.15, 0.2) is 11.5 Å². The van der Waals surface area contributed by atoms with E-state index in [0.29, 0.717) is 24.7 Å². The summed E-state index contributed by atoms with van der Waals surface area (Å²) >= 11 is 0. The molecule has 0 saturated carbocycles. The van der Waals surface area contributed by atoms with Crippen LogP contribution in [0.2, 0.25) is 0 Å². The van der Waals surface area contributed by atoms with E-state index in [9.17, 15) is 13.2 Å². The van der Waals surface area contributed by atoms with Crippen LogP contribution in [0.1, 0.15) is 55.6 Å². The lowest BCUT2D eigenvalue weighted by Gasteiger charge is -2.18. The fourth-order valence-electron chi connectivity index (χ4n) is 2.95. The molecule has 2 aromatic rings. The number of carbonyl (C=O) groups is 1. The number of benzene rings is 2. The van der Waals surface area contributed by atoms with Gasteiger partial charge < -0.3 is 19.5 Å². The summed E-state index contributed by atoms with van der Waals surface area (Å²) in [5.74, 6) is 1.05. The summed E-state index contributed by atoms with van der Waals surface area (Å²) in [6.45, 7) is 7.05. The minimum atomic E-state index is -3.79. The molecule has 32 heavy (non-hydrogen) atoms. The Morgan fingerprint density at radius 3 is 2.19 bits per heavy atom. The maximum Gasteiger partial charge on any atom is 0.251 e. The number of ether oxygens (including phenoxy) is 3. The van der Waals surface area contributed by atoms with Crippen molar-refractivity contribution in [2.24, 2.45) is 0 Å². The first kappa shape index (κ1) is 25.5. The molecule has 2 N–H and O–H groups in total. The van der Waals surface area contributed by atoms with Crippen molar-refractivity contribution in [2.75, 3.05) is 27.4 Å². The van der Waals surface area contributed by atoms with Gasteiger partial charge in [-0.15, -0.1) is 0 Å². The molecule has 0 bridgehead atoms.